The fraction of sp³-hybridized carbons (Fsp3) is 0.833. The van der Waals surface area contributed by atoms with Crippen molar-refractivity contribution in [1.29, 1.82) is 0 Å². The number of nitrogens with one attached hydrogen (secondary N) is 1. The largest absolute Gasteiger partial charge is 0.299 e. The Labute approximate surface area is 152 Å². The number of rotatable bonds is 5. The molecule has 1 saturated carbocycles. The number of nitrogens with zero attached hydrogens (tertiary/aromatic N) is 3. The highest BCUT2D eigenvalue weighted by Crippen LogP contribution is 2.25. The summed E-state index contributed by atoms with van der Waals surface area (Å²) in [6, 6.07) is 0.644. The highest BCUT2D eigenvalue weighted by Gasteiger charge is 2.30. The van der Waals surface area contributed by atoms with Gasteiger partial charge in [0.15, 0.2) is 0 Å². The summed E-state index contributed by atoms with van der Waals surface area (Å²) in [5.41, 5.74) is 0.575. The van der Waals surface area contributed by atoms with Gasteiger partial charge in [-0.05, 0) is 46.1 Å². The second-order valence-corrected chi connectivity index (χ2v) is 9.22. The number of aromatic nitrogens is 2. The normalized spacial score (nSPS) is 24.3. The molecule has 6 nitrogen and oxygen atoms in total. The molecule has 7 heteroatoms. The zero-order chi connectivity index (χ0) is 17.9. The first-order chi connectivity index (χ1) is 12.0. The predicted octanol–water partition coefficient (Wildman–Crippen LogP) is 2.68. The lowest BCUT2D eigenvalue weighted by Gasteiger charge is -2.38. The van der Waals surface area contributed by atoms with Gasteiger partial charge in [-0.25, -0.2) is 13.1 Å². The standard InChI is InChI=1S/C18H32N4O2S/c1-3-22-14-18(15(2)19-22)25(23,24)20-16-9-8-12-21(13-16)17-10-6-4-5-7-11-17/h14,16-17,20H,3-13H2,1-2H3/t16-/m1/s1. The van der Waals surface area contributed by atoms with E-state index < -0.39 is 10.0 Å². The fourth-order valence-corrected chi connectivity index (χ4v) is 5.71. The molecule has 25 heavy (non-hydrogen) atoms. The van der Waals surface area contributed by atoms with Crippen molar-refractivity contribution >= 4 is 10.0 Å². The van der Waals surface area contributed by atoms with Crippen LogP contribution in [0.3, 0.4) is 0 Å². The zero-order valence-electron chi connectivity index (χ0n) is 15.6. The van der Waals surface area contributed by atoms with Crippen molar-refractivity contribution in [2.24, 2.45) is 0 Å². The maximum Gasteiger partial charge on any atom is 0.244 e. The van der Waals surface area contributed by atoms with Crippen LogP contribution in [0.4, 0.5) is 0 Å². The van der Waals surface area contributed by atoms with Gasteiger partial charge in [-0.1, -0.05) is 25.7 Å². The topological polar surface area (TPSA) is 67.2 Å². The summed E-state index contributed by atoms with van der Waals surface area (Å²) in [6.45, 7) is 6.34. The lowest BCUT2D eigenvalue weighted by atomic mass is 10.0. The second-order valence-electron chi connectivity index (χ2n) is 7.54. The summed E-state index contributed by atoms with van der Waals surface area (Å²) in [6.07, 6.45) is 11.5. The molecule has 142 valence electrons. The Morgan fingerprint density at radius 1 is 1.16 bits per heavy atom. The smallest absolute Gasteiger partial charge is 0.244 e. The number of piperidine rings is 1. The Morgan fingerprint density at radius 3 is 2.52 bits per heavy atom. The van der Waals surface area contributed by atoms with Crippen molar-refractivity contribution < 1.29 is 8.42 Å². The molecule has 3 rings (SSSR count). The Hall–Kier alpha value is -0.920. The molecule has 2 aliphatic rings. The number of aryl methyl sites for hydroxylation is 2. The van der Waals surface area contributed by atoms with Crippen LogP contribution in [0.25, 0.3) is 0 Å². The summed E-state index contributed by atoms with van der Waals surface area (Å²) < 4.78 is 30.2. The van der Waals surface area contributed by atoms with E-state index in [1.165, 1.54) is 38.5 Å². The van der Waals surface area contributed by atoms with Gasteiger partial charge in [0, 0.05) is 31.4 Å². The summed E-state index contributed by atoms with van der Waals surface area (Å²) in [5, 5.41) is 4.27. The van der Waals surface area contributed by atoms with Gasteiger partial charge in [0.05, 0.1) is 5.69 Å². The van der Waals surface area contributed by atoms with Crippen molar-refractivity contribution in [1.82, 2.24) is 19.4 Å². The molecule has 1 saturated heterocycles. The average molecular weight is 369 g/mol. The Morgan fingerprint density at radius 2 is 1.88 bits per heavy atom. The van der Waals surface area contributed by atoms with Crippen LogP contribution in [0, 0.1) is 6.92 Å². The Bertz CT molecular complexity index is 663. The second kappa shape index (κ2) is 8.18. The molecule has 2 fully saturated rings. The average Bonchev–Trinajstić information content (AvgIpc) is 2.80. The lowest BCUT2D eigenvalue weighted by molar-refractivity contribution is 0.132. The molecule has 1 aromatic rings. The number of hydrogen-bond donors (Lipinski definition) is 1. The van der Waals surface area contributed by atoms with E-state index in [2.05, 4.69) is 14.7 Å². The summed E-state index contributed by atoms with van der Waals surface area (Å²) in [5.74, 6) is 0. The third kappa shape index (κ3) is 4.63. The summed E-state index contributed by atoms with van der Waals surface area (Å²) >= 11 is 0. The van der Waals surface area contributed by atoms with Crippen LogP contribution >= 0.6 is 0 Å². The molecule has 0 unspecified atom stereocenters. The highest BCUT2D eigenvalue weighted by molar-refractivity contribution is 7.89. The van der Waals surface area contributed by atoms with Crippen LogP contribution in [0.15, 0.2) is 11.1 Å². The molecule has 1 N–H and O–H groups in total. The quantitative estimate of drug-likeness (QED) is 0.812. The van der Waals surface area contributed by atoms with Crippen LogP contribution in [0.5, 0.6) is 0 Å². The van der Waals surface area contributed by atoms with Gasteiger partial charge in [-0.15, -0.1) is 0 Å². The molecule has 1 aliphatic heterocycles. The lowest BCUT2D eigenvalue weighted by Crippen LogP contribution is -2.50. The fourth-order valence-electron chi connectivity index (χ4n) is 4.27. The number of likely N-dealkylation sites (tertiary alicyclic amines) is 1. The van der Waals surface area contributed by atoms with E-state index in [1.807, 2.05) is 6.92 Å². The molecule has 0 spiro atoms. The van der Waals surface area contributed by atoms with Gasteiger partial charge in [0.1, 0.15) is 4.90 Å². The Balaban J connectivity index is 1.66. The minimum Gasteiger partial charge on any atom is -0.299 e. The molecule has 2 heterocycles. The number of hydrogen-bond acceptors (Lipinski definition) is 4. The van der Waals surface area contributed by atoms with Crippen LogP contribution in [0.2, 0.25) is 0 Å². The first-order valence-electron chi connectivity index (χ1n) is 9.80. The molecule has 1 aromatic heterocycles. The molecule has 0 bridgehead atoms. The maximum absolute atomic E-state index is 12.8. The third-order valence-electron chi connectivity index (χ3n) is 5.63. The third-order valence-corrected chi connectivity index (χ3v) is 7.25. The van der Waals surface area contributed by atoms with E-state index in [0.717, 1.165) is 25.9 Å². The van der Waals surface area contributed by atoms with E-state index in [-0.39, 0.29) is 6.04 Å². The van der Waals surface area contributed by atoms with E-state index in [9.17, 15) is 8.42 Å². The first kappa shape index (κ1) is 18.9. The van der Waals surface area contributed by atoms with Crippen molar-refractivity contribution in [2.75, 3.05) is 13.1 Å². The van der Waals surface area contributed by atoms with Crippen LogP contribution in [-0.4, -0.2) is 48.3 Å². The number of sulfonamides is 1. The monoisotopic (exact) mass is 368 g/mol. The van der Waals surface area contributed by atoms with Crippen molar-refractivity contribution in [3.8, 4) is 0 Å². The molecule has 0 radical (unpaired) electrons. The summed E-state index contributed by atoms with van der Waals surface area (Å²) in [4.78, 5) is 2.85. The minimum absolute atomic E-state index is 0.00591. The predicted molar refractivity (Wildman–Crippen MR) is 99.0 cm³/mol. The van der Waals surface area contributed by atoms with E-state index in [1.54, 1.807) is 17.8 Å². The SMILES string of the molecule is CCn1cc(S(=O)(=O)N[C@@H]2CCCN(C3CCCCCC3)C2)c(C)n1. The summed E-state index contributed by atoms with van der Waals surface area (Å²) in [7, 11) is -3.50. The molecule has 1 aliphatic carbocycles. The molecule has 0 amide bonds. The molecular formula is C18H32N4O2S. The van der Waals surface area contributed by atoms with E-state index in [0.29, 0.717) is 23.2 Å². The van der Waals surface area contributed by atoms with Gasteiger partial charge in [0.2, 0.25) is 10.0 Å². The van der Waals surface area contributed by atoms with Gasteiger partial charge >= 0.3 is 0 Å². The van der Waals surface area contributed by atoms with E-state index >= 15 is 0 Å². The van der Waals surface area contributed by atoms with E-state index in [4.69, 9.17) is 0 Å². The van der Waals surface area contributed by atoms with Gasteiger partial charge in [0.25, 0.3) is 0 Å². The Kier molecular flexibility index (Phi) is 6.17. The van der Waals surface area contributed by atoms with Crippen LogP contribution in [0.1, 0.15) is 64.0 Å². The molecule has 1 atom stereocenters. The minimum atomic E-state index is -3.50. The van der Waals surface area contributed by atoms with Gasteiger partial charge < -0.3 is 0 Å². The van der Waals surface area contributed by atoms with Gasteiger partial charge in [-0.2, -0.15) is 5.10 Å². The zero-order valence-corrected chi connectivity index (χ0v) is 16.4. The van der Waals surface area contributed by atoms with Crippen LogP contribution in [-0.2, 0) is 16.6 Å². The van der Waals surface area contributed by atoms with Crippen molar-refractivity contribution in [3.63, 3.8) is 0 Å². The van der Waals surface area contributed by atoms with Gasteiger partial charge in [-0.3, -0.25) is 9.58 Å². The van der Waals surface area contributed by atoms with Crippen molar-refractivity contribution in [3.05, 3.63) is 11.9 Å². The highest BCUT2D eigenvalue weighted by atomic mass is 32.2. The first-order valence-corrected chi connectivity index (χ1v) is 11.3. The maximum atomic E-state index is 12.8. The van der Waals surface area contributed by atoms with Crippen LogP contribution < -0.4 is 4.72 Å². The molecular weight excluding hydrogens is 336 g/mol. The van der Waals surface area contributed by atoms with Crippen molar-refractivity contribution in [2.45, 2.75) is 88.7 Å². The molecule has 0 aromatic carbocycles.